The summed E-state index contributed by atoms with van der Waals surface area (Å²) in [5.74, 6) is 0.942. The van der Waals surface area contributed by atoms with Crippen LogP contribution >= 0.6 is 0 Å². The van der Waals surface area contributed by atoms with E-state index in [4.69, 9.17) is 9.02 Å². The van der Waals surface area contributed by atoms with Crippen LogP contribution in [0.1, 0.15) is 82.8 Å². The Hall–Kier alpha value is -3.83. The van der Waals surface area contributed by atoms with E-state index < -0.39 is 21.1 Å². The summed E-state index contributed by atoms with van der Waals surface area (Å²) in [7, 11) is -3.97. The Balaban J connectivity index is 1.16. The van der Waals surface area contributed by atoms with Crippen molar-refractivity contribution in [2.45, 2.75) is 88.0 Å². The number of oxime groups is 1. The first-order valence-electron chi connectivity index (χ1n) is 16.4. The molecule has 3 unspecified atom stereocenters. The minimum atomic E-state index is -3.97. The summed E-state index contributed by atoms with van der Waals surface area (Å²) in [5, 5.41) is 15.3. The zero-order valence-electron chi connectivity index (χ0n) is 26.1. The number of nitrogens with zero attached hydrogens (tertiary/aromatic N) is 3. The van der Waals surface area contributed by atoms with Crippen LogP contribution in [-0.4, -0.2) is 31.6 Å². The number of benzene rings is 3. The number of fused-ring (bicyclic) bond motifs is 4. The van der Waals surface area contributed by atoms with Gasteiger partial charge in [0.1, 0.15) is 11.8 Å². The summed E-state index contributed by atoms with van der Waals surface area (Å²) >= 11 is 0. The third kappa shape index (κ3) is 5.10. The molecule has 0 radical (unpaired) electrons. The number of nitriles is 1. The van der Waals surface area contributed by atoms with Gasteiger partial charge in [-0.3, -0.25) is 4.28 Å². The van der Waals surface area contributed by atoms with E-state index >= 15 is 0 Å². The molecule has 45 heavy (non-hydrogen) atoms. The average Bonchev–Trinajstić information content (AvgIpc) is 3.24. The van der Waals surface area contributed by atoms with Crippen LogP contribution < -0.4 is 9.64 Å². The summed E-state index contributed by atoms with van der Waals surface area (Å²) in [5.41, 5.74) is 2.46. The van der Waals surface area contributed by atoms with Gasteiger partial charge in [0.2, 0.25) is 5.72 Å². The molecule has 0 amide bonds. The lowest BCUT2D eigenvalue weighted by Gasteiger charge is -2.48. The Morgan fingerprint density at radius 1 is 1.00 bits per heavy atom. The van der Waals surface area contributed by atoms with Crippen molar-refractivity contribution in [2.24, 2.45) is 17.0 Å². The molecule has 3 aromatic rings. The van der Waals surface area contributed by atoms with Crippen molar-refractivity contribution in [1.29, 1.82) is 5.26 Å². The maximum absolute atomic E-state index is 13.4. The highest BCUT2D eigenvalue weighted by atomic mass is 32.2. The van der Waals surface area contributed by atoms with Gasteiger partial charge in [0.15, 0.2) is 5.71 Å². The van der Waals surface area contributed by atoms with Gasteiger partial charge in [0.05, 0.1) is 10.7 Å². The normalized spacial score (nSPS) is 26.2. The van der Waals surface area contributed by atoms with Gasteiger partial charge in [-0.2, -0.15) is 13.7 Å². The molecule has 8 heteroatoms. The maximum atomic E-state index is 13.4. The Bertz CT molecular complexity index is 1820. The molecular weight excluding hydrogens is 582 g/mol. The smallest absolute Gasteiger partial charge is 0.331 e. The number of ether oxygens (including phenoxy) is 1. The van der Waals surface area contributed by atoms with E-state index in [9.17, 15) is 13.7 Å². The maximum Gasteiger partial charge on any atom is 0.331 e. The van der Waals surface area contributed by atoms with Crippen LogP contribution in [0.3, 0.4) is 0 Å². The Morgan fingerprint density at radius 3 is 2.60 bits per heavy atom. The highest BCUT2D eigenvalue weighted by molar-refractivity contribution is 7.87. The second-order valence-electron chi connectivity index (χ2n) is 13.7. The van der Waals surface area contributed by atoms with Crippen LogP contribution in [0.2, 0.25) is 0 Å². The van der Waals surface area contributed by atoms with E-state index in [1.54, 1.807) is 0 Å². The summed E-state index contributed by atoms with van der Waals surface area (Å²) in [6.07, 6.45) is 12.0. The second-order valence-corrected chi connectivity index (χ2v) is 15.5. The zero-order valence-corrected chi connectivity index (χ0v) is 26.9. The van der Waals surface area contributed by atoms with Crippen LogP contribution in [0.5, 0.6) is 5.75 Å². The molecule has 1 spiro atoms. The second kappa shape index (κ2) is 11.5. The van der Waals surface area contributed by atoms with E-state index in [-0.39, 0.29) is 23.0 Å². The highest BCUT2D eigenvalue weighted by Gasteiger charge is 2.59. The quantitative estimate of drug-likeness (QED) is 0.204. The van der Waals surface area contributed by atoms with Gasteiger partial charge >= 0.3 is 10.1 Å². The van der Waals surface area contributed by atoms with E-state index in [1.807, 2.05) is 0 Å². The lowest BCUT2D eigenvalue weighted by molar-refractivity contribution is 0.0497. The molecule has 0 saturated heterocycles. The molecule has 2 heterocycles. The van der Waals surface area contributed by atoms with Crippen LogP contribution in [0.15, 0.2) is 71.9 Å². The van der Waals surface area contributed by atoms with Crippen LogP contribution in [0, 0.1) is 23.2 Å². The number of hydrogen-bond acceptors (Lipinski definition) is 7. The average molecular weight is 624 g/mol. The van der Waals surface area contributed by atoms with Crippen molar-refractivity contribution in [2.75, 3.05) is 11.4 Å². The van der Waals surface area contributed by atoms with Gasteiger partial charge in [-0.25, -0.2) is 0 Å². The summed E-state index contributed by atoms with van der Waals surface area (Å²) in [6, 6.07) is 23.1. The number of hydrogen-bond donors (Lipinski definition) is 0. The van der Waals surface area contributed by atoms with Gasteiger partial charge in [0.25, 0.3) is 0 Å². The monoisotopic (exact) mass is 623 g/mol. The van der Waals surface area contributed by atoms with Crippen molar-refractivity contribution in [1.82, 2.24) is 0 Å². The van der Waals surface area contributed by atoms with Gasteiger partial charge in [-0.1, -0.05) is 79.4 Å². The first kappa shape index (κ1) is 29.9. The number of para-hydroxylation sites is 1. The van der Waals surface area contributed by atoms with Crippen LogP contribution in [-0.2, 0) is 19.8 Å². The molecule has 2 aliphatic heterocycles. The molecule has 7 nitrogen and oxygen atoms in total. The van der Waals surface area contributed by atoms with Gasteiger partial charge in [-0.15, -0.1) is 0 Å². The first-order valence-corrected chi connectivity index (χ1v) is 17.9. The summed E-state index contributed by atoms with van der Waals surface area (Å²) in [6.45, 7) is 5.12. The summed E-state index contributed by atoms with van der Waals surface area (Å²) in [4.78, 5) is 2.37. The van der Waals surface area contributed by atoms with Crippen molar-refractivity contribution in [3.05, 3.63) is 77.9 Å². The van der Waals surface area contributed by atoms with E-state index in [0.29, 0.717) is 19.4 Å². The molecule has 234 valence electrons. The standard InChI is InChI=1S/C37H41N3O4S/c1-36(2)32-17-8-9-18-34(32)40(37(36)22-21-31-30-16-7-6-12-27(30)19-20-35(31)43-37)25-26-11-10-15-29(23-26)45(41,42)44-39-33(24-38)28-13-4-3-5-14-28/h6-9,12,16-22,26,28-29H,3-5,10-11,13-15,23,25H2,1-2H3. The largest absolute Gasteiger partial charge is 0.463 e. The van der Waals surface area contributed by atoms with E-state index in [0.717, 1.165) is 67.3 Å². The highest BCUT2D eigenvalue weighted by Crippen LogP contribution is 2.56. The molecule has 3 aromatic carbocycles. The fourth-order valence-corrected chi connectivity index (χ4v) is 9.51. The lowest BCUT2D eigenvalue weighted by atomic mass is 9.76. The summed E-state index contributed by atoms with van der Waals surface area (Å²) < 4.78 is 39.2. The molecular formula is C37H41N3O4S. The molecule has 0 N–H and O–H groups in total. The third-order valence-electron chi connectivity index (χ3n) is 10.8. The fourth-order valence-electron chi connectivity index (χ4n) is 8.24. The Kier molecular flexibility index (Phi) is 7.64. The fraction of sp³-hybridized carbons (Fsp3) is 0.459. The van der Waals surface area contributed by atoms with E-state index in [1.165, 1.54) is 10.9 Å². The number of rotatable bonds is 6. The minimum Gasteiger partial charge on any atom is -0.463 e. The molecule has 0 bridgehead atoms. The van der Waals surface area contributed by atoms with Gasteiger partial charge < -0.3 is 9.64 Å². The predicted octanol–water partition coefficient (Wildman–Crippen LogP) is 8.10. The molecule has 4 aliphatic rings. The van der Waals surface area contributed by atoms with Gasteiger partial charge in [0, 0.05) is 23.7 Å². The topological polar surface area (TPSA) is 92.0 Å². The zero-order chi connectivity index (χ0) is 31.2. The molecule has 3 atom stereocenters. The van der Waals surface area contributed by atoms with Crippen molar-refractivity contribution in [3.8, 4) is 11.8 Å². The third-order valence-corrected chi connectivity index (χ3v) is 12.3. The van der Waals surface area contributed by atoms with Crippen LogP contribution in [0.25, 0.3) is 16.8 Å². The molecule has 7 rings (SSSR count). The predicted molar refractivity (Wildman–Crippen MR) is 179 cm³/mol. The van der Waals surface area contributed by atoms with Crippen molar-refractivity contribution < 1.29 is 17.4 Å². The minimum absolute atomic E-state index is 0.0144. The molecule has 2 aliphatic carbocycles. The SMILES string of the molecule is CC1(C)c2ccccc2N(CC2CCCC(S(=O)(=O)ON=C(C#N)C3CCCCC3)C2)C12C=Cc1c(ccc3ccccc13)O2. The first-order chi connectivity index (χ1) is 21.7. The van der Waals surface area contributed by atoms with Crippen LogP contribution in [0.4, 0.5) is 5.69 Å². The van der Waals surface area contributed by atoms with Gasteiger partial charge in [-0.05, 0) is 92.5 Å². The Labute approximate surface area is 266 Å². The van der Waals surface area contributed by atoms with E-state index in [2.05, 4.69) is 103 Å². The molecule has 0 aromatic heterocycles. The Morgan fingerprint density at radius 2 is 1.78 bits per heavy atom. The molecule has 2 saturated carbocycles. The number of anilines is 1. The lowest BCUT2D eigenvalue weighted by Crippen LogP contribution is -2.60. The van der Waals surface area contributed by atoms with Crippen molar-refractivity contribution in [3.63, 3.8) is 0 Å². The molecule has 2 fully saturated rings. The van der Waals surface area contributed by atoms with Crippen molar-refractivity contribution >= 4 is 38.4 Å².